The fourth-order valence-electron chi connectivity index (χ4n) is 11.5. The third kappa shape index (κ3) is 10.7. The van der Waals surface area contributed by atoms with E-state index in [1.54, 1.807) is 25.7 Å². The number of H-pyrrole nitrogens is 2. The van der Waals surface area contributed by atoms with Gasteiger partial charge in [-0.05, 0) is 63.3 Å². The third-order valence-corrected chi connectivity index (χ3v) is 22.1. The van der Waals surface area contributed by atoms with Crippen LogP contribution in [0.3, 0.4) is 0 Å². The molecule has 0 saturated carbocycles. The lowest BCUT2D eigenvalue weighted by atomic mass is 9.80. The zero-order valence-electron chi connectivity index (χ0n) is 45.6. The van der Waals surface area contributed by atoms with E-state index in [0.29, 0.717) is 17.1 Å². The second kappa shape index (κ2) is 22.6. The van der Waals surface area contributed by atoms with Crippen LogP contribution in [0.1, 0.15) is 74.7 Å². The first-order chi connectivity index (χ1) is 39.0. The number of methoxy groups -OCH3 is 2. The zero-order chi connectivity index (χ0) is 56.7. The number of anilines is 1. The molecule has 81 heavy (non-hydrogen) atoms. The summed E-state index contributed by atoms with van der Waals surface area (Å²) in [5, 5.41) is 1.55. The number of nitrogens with one attached hydrogen (secondary N) is 2. The molecule has 5 aromatic carbocycles. The zero-order valence-corrected chi connectivity index (χ0v) is 47.5. The van der Waals surface area contributed by atoms with E-state index in [2.05, 4.69) is 65.0 Å². The van der Waals surface area contributed by atoms with Crippen LogP contribution in [0, 0.1) is 6.92 Å². The topological polar surface area (TPSA) is 245 Å². The van der Waals surface area contributed by atoms with Crippen molar-refractivity contribution in [3.8, 4) is 11.5 Å². The fourth-order valence-corrected chi connectivity index (χ4v) is 17.8. The highest BCUT2D eigenvalue weighted by molar-refractivity contribution is 7.48. The minimum atomic E-state index is -4.59. The fraction of sp³-hybridized carbons (Fsp3) is 0.339. The number of fused-ring (bicyclic) bond motifs is 1. The smallest absolute Gasteiger partial charge is 0.475 e. The van der Waals surface area contributed by atoms with Crippen LogP contribution in [0.5, 0.6) is 11.5 Å². The lowest BCUT2D eigenvalue weighted by molar-refractivity contribution is -0.112. The lowest BCUT2D eigenvalue weighted by Crippen LogP contribution is -2.68. The van der Waals surface area contributed by atoms with Crippen LogP contribution in [-0.4, -0.2) is 95.3 Å². The Morgan fingerprint density at radius 1 is 0.728 bits per heavy atom. The van der Waals surface area contributed by atoms with Crippen LogP contribution in [0.4, 0.5) is 5.95 Å². The van der Waals surface area contributed by atoms with Crippen molar-refractivity contribution in [2.45, 2.75) is 101 Å². The number of nitrogen functional groups attached to an aromatic ring is 1. The molecule has 0 amide bonds. The summed E-state index contributed by atoms with van der Waals surface area (Å²) >= 11 is 0. The summed E-state index contributed by atoms with van der Waals surface area (Å²) in [6.07, 6.45) is -3.31. The second-order valence-corrected chi connectivity index (χ2v) is 27.2. The van der Waals surface area contributed by atoms with E-state index < -0.39 is 86.6 Å². The number of imidazole rings is 1. The Morgan fingerprint density at radius 3 is 1.89 bits per heavy atom. The van der Waals surface area contributed by atoms with Gasteiger partial charge in [-0.15, -0.1) is 0 Å². The molecule has 0 spiro atoms. The van der Waals surface area contributed by atoms with Crippen molar-refractivity contribution < 1.29 is 46.2 Å². The molecule has 0 bridgehead atoms. The average Bonchev–Trinajstić information content (AvgIpc) is 4.26. The van der Waals surface area contributed by atoms with Gasteiger partial charge in [-0.25, -0.2) is 14.3 Å². The molecule has 0 unspecified atom stereocenters. The number of hydrogen-bond acceptors (Lipinski definition) is 16. The predicted octanol–water partition coefficient (Wildman–Crippen LogP) is 7.41. The first-order valence-electron chi connectivity index (χ1n) is 26.8. The third-order valence-electron chi connectivity index (χ3n) is 15.4. The number of hydrogen-bond donors (Lipinski definition) is 3. The Labute approximate surface area is 467 Å². The van der Waals surface area contributed by atoms with Gasteiger partial charge in [0.2, 0.25) is 5.95 Å². The molecule has 6 heterocycles. The maximum Gasteiger partial charge on any atom is 0.475 e. The summed E-state index contributed by atoms with van der Waals surface area (Å²) in [5.74, 6) is 1.16. The average molecular weight is 1140 g/mol. The molecule has 20 nitrogen and oxygen atoms in total. The van der Waals surface area contributed by atoms with Crippen molar-refractivity contribution in [1.29, 1.82) is 0 Å². The van der Waals surface area contributed by atoms with E-state index in [1.807, 2.05) is 115 Å². The maximum atomic E-state index is 15.6. The van der Waals surface area contributed by atoms with E-state index in [-0.39, 0.29) is 49.6 Å². The molecule has 3 aliphatic heterocycles. The van der Waals surface area contributed by atoms with Crippen LogP contribution in [0.25, 0.3) is 11.2 Å². The van der Waals surface area contributed by atoms with Gasteiger partial charge in [0.1, 0.15) is 54.0 Å². The molecule has 3 fully saturated rings. The van der Waals surface area contributed by atoms with Gasteiger partial charge in [-0.2, -0.15) is 4.98 Å². The van der Waals surface area contributed by atoms with Crippen molar-refractivity contribution in [3.63, 3.8) is 0 Å². The number of benzene rings is 5. The summed E-state index contributed by atoms with van der Waals surface area (Å²) in [6.45, 7) is 7.86. The van der Waals surface area contributed by atoms with E-state index in [0.717, 1.165) is 27.1 Å². The molecular weight excluding hydrogens is 1070 g/mol. The second-order valence-electron chi connectivity index (χ2n) is 21.4. The SMILES string of the molecule is COc1ccc(C(OC[C@H]2O[C@@H](n3cnc4c(=O)[nH]c(N)nc43)C[C@@H]2O[P@@]2(=O)OCC[C@H]([C@H]3O[C@@H](n4cc(C)c(=O)[nH]c4=O)C[C@@H]3O[Si](c3ccccc3)(c3ccccc3)C(C)(C)C)O2)(c2ccccc2)c2ccc(OC)cc2)cc1. The minimum Gasteiger partial charge on any atom is -0.497 e. The molecule has 11 rings (SSSR count). The molecule has 422 valence electrons. The molecule has 0 radical (unpaired) electrons. The number of aromatic nitrogens is 6. The van der Waals surface area contributed by atoms with E-state index >= 15 is 4.57 Å². The van der Waals surface area contributed by atoms with Crippen molar-refractivity contribution in [2.24, 2.45) is 0 Å². The molecule has 0 aliphatic carbocycles. The first-order valence-corrected chi connectivity index (χ1v) is 30.1. The van der Waals surface area contributed by atoms with Crippen LogP contribution in [0.15, 0.2) is 166 Å². The Hall–Kier alpha value is -7.30. The van der Waals surface area contributed by atoms with Crippen molar-refractivity contribution in [3.05, 3.63) is 205 Å². The number of nitrogens with two attached hydrogens (primary N) is 1. The molecule has 22 heteroatoms. The molecule has 4 N–H and O–H groups in total. The van der Waals surface area contributed by atoms with Gasteiger partial charge >= 0.3 is 13.5 Å². The van der Waals surface area contributed by atoms with Gasteiger partial charge in [0.05, 0.1) is 39.9 Å². The van der Waals surface area contributed by atoms with Crippen LogP contribution < -0.4 is 42.4 Å². The van der Waals surface area contributed by atoms with Gasteiger partial charge in [-0.1, -0.05) is 136 Å². The van der Waals surface area contributed by atoms with Crippen molar-refractivity contribution >= 4 is 43.6 Å². The van der Waals surface area contributed by atoms with Crippen LogP contribution in [-0.2, 0) is 42.4 Å². The minimum absolute atomic E-state index is 0.0225. The van der Waals surface area contributed by atoms with Crippen LogP contribution >= 0.6 is 7.82 Å². The molecular formula is C59H64N7O13PSi. The summed E-state index contributed by atoms with van der Waals surface area (Å²) in [7, 11) is -4.72. The Kier molecular flexibility index (Phi) is 15.5. The summed E-state index contributed by atoms with van der Waals surface area (Å²) in [6, 6.07) is 45.2. The number of aromatic amines is 2. The Balaban J connectivity index is 0.968. The predicted molar refractivity (Wildman–Crippen MR) is 304 cm³/mol. The highest BCUT2D eigenvalue weighted by atomic mass is 31.2. The first kappa shape index (κ1) is 55.6. The summed E-state index contributed by atoms with van der Waals surface area (Å²) in [5.41, 5.74) is 5.85. The largest absolute Gasteiger partial charge is 0.497 e. The number of nitrogens with zero attached hydrogens (tertiary/aromatic N) is 4. The van der Waals surface area contributed by atoms with Crippen LogP contribution in [0.2, 0.25) is 5.04 Å². The molecule has 8 aromatic rings. The normalized spacial score (nSPS) is 23.4. The molecule has 3 saturated heterocycles. The van der Waals surface area contributed by atoms with E-state index in [1.165, 1.54) is 17.1 Å². The van der Waals surface area contributed by atoms with Gasteiger partial charge in [0, 0.05) is 31.0 Å². The Bertz CT molecular complexity index is 3640. The maximum absolute atomic E-state index is 15.6. The number of phosphoric ester groups is 1. The van der Waals surface area contributed by atoms with Gasteiger partial charge < -0.3 is 33.8 Å². The molecule has 8 atom stereocenters. The van der Waals surface area contributed by atoms with Gasteiger partial charge in [0.25, 0.3) is 19.4 Å². The van der Waals surface area contributed by atoms with Gasteiger partial charge in [-0.3, -0.25) is 42.3 Å². The monoisotopic (exact) mass is 1140 g/mol. The summed E-state index contributed by atoms with van der Waals surface area (Å²) in [4.78, 5) is 53.1. The quantitative estimate of drug-likeness (QED) is 0.0457. The van der Waals surface area contributed by atoms with E-state index in [4.69, 9.17) is 47.4 Å². The standard InChI is InChI=1S/C59H64N7O13PSi/c1-37-34-65(57(69)64-54(37)67)49-33-47(79-81(58(2,3)4,43-18-12-8-13-19-43)44-20-14-9-15-21-44)52(76-49)45-30-31-74-80(70,77-45)78-46-32-50(66-36-61-51-53(66)62-56(60)63-55(51)68)75-48(46)35-73-59(38-16-10-7-11-17-38,39-22-26-41(71-5)27-23-39)40-24-28-42(72-6)29-25-40/h7-29,34,36,45-50,52H,30-33,35H2,1-6H3,(H,64,67,69)(H3,60,62,63,68)/t45-,46+,47+,48-,49-,50-,52-,80+/m1/s1. The Morgan fingerprint density at radius 2 is 1.30 bits per heavy atom. The van der Waals surface area contributed by atoms with E-state index in [9.17, 15) is 14.4 Å². The summed E-state index contributed by atoms with van der Waals surface area (Å²) < 4.78 is 78.1. The number of ether oxygens (including phenoxy) is 5. The highest BCUT2D eigenvalue weighted by Gasteiger charge is 2.57. The van der Waals surface area contributed by atoms with Crippen molar-refractivity contribution in [2.75, 3.05) is 33.2 Å². The van der Waals surface area contributed by atoms with Crippen molar-refractivity contribution in [1.82, 2.24) is 29.1 Å². The molecule has 3 aromatic heterocycles. The highest BCUT2D eigenvalue weighted by Crippen LogP contribution is 2.58. The lowest BCUT2D eigenvalue weighted by Gasteiger charge is -2.46. The number of rotatable bonds is 17. The molecule has 3 aliphatic rings. The van der Waals surface area contributed by atoms with Gasteiger partial charge in [0.15, 0.2) is 11.2 Å². The number of aryl methyl sites for hydroxylation is 1. The number of phosphoric acid groups is 1.